The van der Waals surface area contributed by atoms with Crippen molar-refractivity contribution in [2.45, 2.75) is 44.8 Å². The van der Waals surface area contributed by atoms with Crippen LogP contribution in [-0.2, 0) is 14.2 Å². The molecule has 0 N–H and O–H groups in total. The minimum absolute atomic E-state index is 0.0179. The van der Waals surface area contributed by atoms with Crippen molar-refractivity contribution in [1.82, 2.24) is 0 Å². The molecule has 0 spiro atoms. The van der Waals surface area contributed by atoms with Gasteiger partial charge in [0.1, 0.15) is 54.0 Å². The summed E-state index contributed by atoms with van der Waals surface area (Å²) in [6.45, 7) is 4.58. The molecule has 0 radical (unpaired) electrons. The van der Waals surface area contributed by atoms with Gasteiger partial charge in [-0.1, -0.05) is 26.2 Å². The van der Waals surface area contributed by atoms with Gasteiger partial charge in [-0.15, -0.1) is 0 Å². The zero-order valence-electron chi connectivity index (χ0n) is 24.0. The van der Waals surface area contributed by atoms with Crippen LogP contribution in [0.2, 0.25) is 0 Å². The van der Waals surface area contributed by atoms with Crippen LogP contribution in [0.3, 0.4) is 0 Å². The van der Waals surface area contributed by atoms with E-state index in [-0.39, 0.29) is 41.4 Å². The van der Waals surface area contributed by atoms with E-state index in [1.807, 2.05) is 0 Å². The fourth-order valence-corrected chi connectivity index (χ4v) is 4.00. The van der Waals surface area contributed by atoms with Gasteiger partial charge in [-0.05, 0) is 73.2 Å². The highest BCUT2D eigenvalue weighted by molar-refractivity contribution is 5.97. The smallest absolute Gasteiger partial charge is 0.343 e. The molecular formula is C33H34O10. The molecule has 0 saturated carbocycles. The Morgan fingerprint density at radius 3 is 1.74 bits per heavy atom. The lowest BCUT2D eigenvalue weighted by atomic mass is 10.1. The number of benzene rings is 3. The monoisotopic (exact) mass is 590 g/mol. The summed E-state index contributed by atoms with van der Waals surface area (Å²) in [5.41, 5.74) is 0.522. The SMILES string of the molecule is CCCCCCOC(=O)c1cc(OC(=O)c2ccc(OCC3CO3)cc2)ccc1OC(=O)c1ccc(OCC2CO2)cc1. The summed E-state index contributed by atoms with van der Waals surface area (Å²) in [4.78, 5) is 38.8. The normalized spacial score (nSPS) is 16.6. The summed E-state index contributed by atoms with van der Waals surface area (Å²) in [6.07, 6.45) is 3.95. The molecule has 3 aromatic carbocycles. The maximum absolute atomic E-state index is 13.0. The summed E-state index contributed by atoms with van der Waals surface area (Å²) in [5, 5.41) is 0. The van der Waals surface area contributed by atoms with Crippen LogP contribution in [0.4, 0.5) is 0 Å². The number of carbonyl (C=O) groups excluding carboxylic acids is 3. The van der Waals surface area contributed by atoms with Gasteiger partial charge in [0.05, 0.1) is 30.9 Å². The third-order valence-electron chi connectivity index (χ3n) is 6.67. The van der Waals surface area contributed by atoms with Gasteiger partial charge in [-0.2, -0.15) is 0 Å². The van der Waals surface area contributed by atoms with Crippen molar-refractivity contribution in [2.75, 3.05) is 33.0 Å². The van der Waals surface area contributed by atoms with E-state index in [2.05, 4.69) is 6.92 Å². The Kier molecular flexibility index (Phi) is 10.2. The molecule has 0 bridgehead atoms. The van der Waals surface area contributed by atoms with Crippen LogP contribution in [0.5, 0.6) is 23.0 Å². The molecule has 2 unspecified atom stereocenters. The third kappa shape index (κ3) is 9.29. The Morgan fingerprint density at radius 1 is 0.674 bits per heavy atom. The fourth-order valence-electron chi connectivity index (χ4n) is 4.00. The Morgan fingerprint density at radius 2 is 1.21 bits per heavy atom. The van der Waals surface area contributed by atoms with Crippen LogP contribution in [0.15, 0.2) is 66.7 Å². The lowest BCUT2D eigenvalue weighted by molar-refractivity contribution is 0.0490. The minimum atomic E-state index is -0.690. The number of esters is 3. The second-order valence-corrected chi connectivity index (χ2v) is 10.2. The van der Waals surface area contributed by atoms with Gasteiger partial charge in [0.2, 0.25) is 0 Å². The molecule has 5 rings (SSSR count). The van der Waals surface area contributed by atoms with Gasteiger partial charge in [0.25, 0.3) is 0 Å². The van der Waals surface area contributed by atoms with Gasteiger partial charge in [0.15, 0.2) is 0 Å². The number of rotatable bonds is 16. The van der Waals surface area contributed by atoms with Crippen LogP contribution >= 0.6 is 0 Å². The van der Waals surface area contributed by atoms with Crippen LogP contribution < -0.4 is 18.9 Å². The first-order valence-corrected chi connectivity index (χ1v) is 14.4. The van der Waals surface area contributed by atoms with E-state index in [0.717, 1.165) is 19.3 Å². The van der Waals surface area contributed by atoms with E-state index in [0.29, 0.717) is 49.9 Å². The van der Waals surface area contributed by atoms with Crippen molar-refractivity contribution in [1.29, 1.82) is 0 Å². The molecule has 0 amide bonds. The van der Waals surface area contributed by atoms with E-state index >= 15 is 0 Å². The maximum Gasteiger partial charge on any atom is 0.343 e. The third-order valence-corrected chi connectivity index (χ3v) is 6.67. The lowest BCUT2D eigenvalue weighted by Crippen LogP contribution is -2.15. The van der Waals surface area contributed by atoms with Crippen molar-refractivity contribution < 1.29 is 47.5 Å². The molecule has 2 fully saturated rings. The highest BCUT2D eigenvalue weighted by atomic mass is 16.6. The first kappa shape index (κ1) is 30.1. The predicted octanol–water partition coefficient (Wildman–Crippen LogP) is 5.42. The van der Waals surface area contributed by atoms with Gasteiger partial charge in [-0.25, -0.2) is 14.4 Å². The molecule has 2 atom stereocenters. The average Bonchev–Trinajstić information content (AvgIpc) is 3.96. The summed E-state index contributed by atoms with van der Waals surface area (Å²) in [7, 11) is 0. The number of hydrogen-bond donors (Lipinski definition) is 0. The molecule has 2 aliphatic rings. The molecule has 3 aromatic rings. The van der Waals surface area contributed by atoms with Crippen LogP contribution in [0.25, 0.3) is 0 Å². The lowest BCUT2D eigenvalue weighted by Gasteiger charge is -2.13. The number of epoxide rings is 2. The predicted molar refractivity (Wildman–Crippen MR) is 154 cm³/mol. The molecule has 43 heavy (non-hydrogen) atoms. The average molecular weight is 591 g/mol. The largest absolute Gasteiger partial charge is 0.491 e. The summed E-state index contributed by atoms with van der Waals surface area (Å²) in [6, 6.07) is 17.2. The standard InChI is InChI=1S/C33H34O10/c1-2-3-4-5-16-37-33(36)29-17-26(42-31(34)22-6-10-24(11-7-22)38-18-27-20-40-27)14-15-30(29)43-32(35)23-8-12-25(13-9-23)39-19-28-21-41-28/h6-15,17,27-28H,2-5,16,18-21H2,1H3. The maximum atomic E-state index is 13.0. The number of carbonyl (C=O) groups is 3. The molecule has 226 valence electrons. The van der Waals surface area contributed by atoms with Gasteiger partial charge < -0.3 is 33.2 Å². The first-order chi connectivity index (χ1) is 21.0. The molecule has 2 saturated heterocycles. The second kappa shape index (κ2) is 14.7. The number of ether oxygens (including phenoxy) is 7. The van der Waals surface area contributed by atoms with E-state index in [4.69, 9.17) is 33.2 Å². The second-order valence-electron chi connectivity index (χ2n) is 10.2. The summed E-state index contributed by atoms with van der Waals surface area (Å²) >= 11 is 0. The molecule has 10 heteroatoms. The quantitative estimate of drug-likeness (QED) is 0.0925. The van der Waals surface area contributed by atoms with Crippen molar-refractivity contribution in [3.05, 3.63) is 83.4 Å². The zero-order chi connectivity index (χ0) is 30.0. The molecule has 0 aliphatic carbocycles. The molecule has 10 nitrogen and oxygen atoms in total. The Bertz CT molecular complexity index is 1390. The van der Waals surface area contributed by atoms with Crippen LogP contribution in [0, 0.1) is 0 Å². The van der Waals surface area contributed by atoms with E-state index in [1.165, 1.54) is 18.2 Å². The number of hydrogen-bond acceptors (Lipinski definition) is 10. The minimum Gasteiger partial charge on any atom is -0.491 e. The van der Waals surface area contributed by atoms with Gasteiger partial charge in [0, 0.05) is 0 Å². The molecule has 2 aliphatic heterocycles. The highest BCUT2D eigenvalue weighted by Gasteiger charge is 2.24. The Balaban J connectivity index is 1.25. The van der Waals surface area contributed by atoms with Crippen molar-refractivity contribution in [3.8, 4) is 23.0 Å². The summed E-state index contributed by atoms with van der Waals surface area (Å²) < 4.78 is 38.0. The van der Waals surface area contributed by atoms with Crippen LogP contribution in [0.1, 0.15) is 63.7 Å². The fraction of sp³-hybridized carbons (Fsp3) is 0.364. The van der Waals surface area contributed by atoms with Crippen molar-refractivity contribution in [2.24, 2.45) is 0 Å². The Labute approximate surface area is 249 Å². The molecular weight excluding hydrogens is 556 g/mol. The van der Waals surface area contributed by atoms with E-state index in [1.54, 1.807) is 48.5 Å². The van der Waals surface area contributed by atoms with Crippen LogP contribution in [-0.4, -0.2) is 63.2 Å². The first-order valence-electron chi connectivity index (χ1n) is 14.4. The molecule has 2 heterocycles. The van der Waals surface area contributed by atoms with Crippen molar-refractivity contribution >= 4 is 17.9 Å². The number of unbranched alkanes of at least 4 members (excludes halogenated alkanes) is 3. The summed E-state index contributed by atoms with van der Waals surface area (Å²) in [5.74, 6) is -0.710. The van der Waals surface area contributed by atoms with Crippen molar-refractivity contribution in [3.63, 3.8) is 0 Å². The van der Waals surface area contributed by atoms with E-state index in [9.17, 15) is 14.4 Å². The zero-order valence-corrected chi connectivity index (χ0v) is 24.0. The Hall–Kier alpha value is -4.41. The highest BCUT2D eigenvalue weighted by Crippen LogP contribution is 2.28. The molecule has 0 aromatic heterocycles. The van der Waals surface area contributed by atoms with Gasteiger partial charge in [-0.3, -0.25) is 0 Å². The van der Waals surface area contributed by atoms with Gasteiger partial charge >= 0.3 is 17.9 Å². The topological polar surface area (TPSA) is 122 Å². The van der Waals surface area contributed by atoms with E-state index < -0.39 is 17.9 Å².